The fourth-order valence-electron chi connectivity index (χ4n) is 3.29. The van der Waals surface area contributed by atoms with Crippen molar-refractivity contribution in [3.63, 3.8) is 0 Å². The molecule has 0 fully saturated rings. The minimum absolute atomic E-state index is 1.23. The average Bonchev–Trinajstić information content (AvgIpc) is 2.57. The molecule has 0 nitrogen and oxygen atoms in total. The lowest BCUT2D eigenvalue weighted by molar-refractivity contribution is 0.525. The van der Waals surface area contributed by atoms with Gasteiger partial charge in [-0.1, -0.05) is 128 Å². The molecule has 0 aromatic rings. The van der Waals surface area contributed by atoms with Crippen LogP contribution < -0.4 is 0 Å². The van der Waals surface area contributed by atoms with Gasteiger partial charge in [-0.2, -0.15) is 0 Å². The van der Waals surface area contributed by atoms with Gasteiger partial charge < -0.3 is 0 Å². The highest BCUT2D eigenvalue weighted by Crippen LogP contribution is 2.14. The maximum absolute atomic E-state index is 3.10. The molecule has 0 rings (SSSR count). The number of unbranched alkanes of at least 4 members (excludes halogenated alkanes) is 18. The molecule has 0 atom stereocenters. The third-order valence-electron chi connectivity index (χ3n) is 4.91. The van der Waals surface area contributed by atoms with Gasteiger partial charge in [0.05, 0.1) is 0 Å². The summed E-state index contributed by atoms with van der Waals surface area (Å²) in [6.07, 6.45) is 32.7. The summed E-state index contributed by atoms with van der Waals surface area (Å²) in [7, 11) is 0. The molecule has 23 heavy (non-hydrogen) atoms. The Labute approximate surface area is 148 Å². The van der Waals surface area contributed by atoms with Gasteiger partial charge >= 0.3 is 0 Å². The lowest BCUT2D eigenvalue weighted by Gasteiger charge is -2.03. The van der Waals surface area contributed by atoms with Crippen molar-refractivity contribution in [1.82, 2.24) is 0 Å². The van der Waals surface area contributed by atoms with Crippen molar-refractivity contribution < 1.29 is 0 Å². The predicted octanol–water partition coefficient (Wildman–Crippen LogP) is 8.80. The third-order valence-corrected chi connectivity index (χ3v) is 4.91. The molecule has 1 radical (unpaired) electrons. The first-order valence-corrected chi connectivity index (χ1v) is 10.9. The van der Waals surface area contributed by atoms with E-state index in [-0.39, 0.29) is 0 Å². The van der Waals surface area contributed by atoms with E-state index in [2.05, 4.69) is 19.1 Å². The van der Waals surface area contributed by atoms with Crippen molar-refractivity contribution in [2.24, 2.45) is 0 Å². The Morgan fingerprint density at radius 1 is 0.478 bits per heavy atom. The SMILES string of the molecule is C/[C]=C\CCCCCCCCCCCCCCCCCCCC. The maximum atomic E-state index is 3.10. The van der Waals surface area contributed by atoms with Crippen LogP contribution in [-0.2, 0) is 0 Å². The second-order valence-corrected chi connectivity index (χ2v) is 7.29. The Hall–Kier alpha value is -0.260. The molecule has 0 N–H and O–H groups in total. The third kappa shape index (κ3) is 21.7. The first-order chi connectivity index (χ1) is 11.4. The zero-order valence-corrected chi connectivity index (χ0v) is 16.5. The largest absolute Gasteiger partial charge is 0.0813 e. The number of hydrogen-bond acceptors (Lipinski definition) is 0. The van der Waals surface area contributed by atoms with Crippen LogP contribution in [0.5, 0.6) is 0 Å². The molecule has 0 aromatic heterocycles. The monoisotopic (exact) mass is 321 g/mol. The van der Waals surface area contributed by atoms with Gasteiger partial charge in [0.1, 0.15) is 0 Å². The molecule has 137 valence electrons. The normalized spacial score (nSPS) is 11.6. The van der Waals surface area contributed by atoms with Gasteiger partial charge in [-0.25, -0.2) is 0 Å². The van der Waals surface area contributed by atoms with Crippen molar-refractivity contribution in [2.75, 3.05) is 0 Å². The van der Waals surface area contributed by atoms with E-state index in [9.17, 15) is 0 Å². The highest BCUT2D eigenvalue weighted by Gasteiger charge is 1.94. The van der Waals surface area contributed by atoms with Gasteiger partial charge in [0.25, 0.3) is 0 Å². The zero-order chi connectivity index (χ0) is 16.8. The molecule has 0 heteroatoms. The standard InChI is InChI=1S/C23H45/c1-3-5-7-9-11-13-15-17-19-21-23-22-20-18-16-14-12-10-8-6-4-2/h6H,3,5,7-23H2,1-2H3. The summed E-state index contributed by atoms with van der Waals surface area (Å²) in [6, 6.07) is 0. The molecule has 0 unspecified atom stereocenters. The van der Waals surface area contributed by atoms with Crippen molar-refractivity contribution >= 4 is 0 Å². The van der Waals surface area contributed by atoms with Crippen molar-refractivity contribution in [1.29, 1.82) is 0 Å². The summed E-state index contributed by atoms with van der Waals surface area (Å²) in [6.45, 7) is 4.29. The highest BCUT2D eigenvalue weighted by molar-refractivity contribution is 4.69. The minimum Gasteiger partial charge on any atom is -0.0813 e. The molecule has 0 bridgehead atoms. The van der Waals surface area contributed by atoms with Crippen molar-refractivity contribution in [3.05, 3.63) is 12.2 Å². The fourth-order valence-corrected chi connectivity index (χ4v) is 3.29. The number of hydrogen-bond donors (Lipinski definition) is 0. The predicted molar refractivity (Wildman–Crippen MR) is 107 cm³/mol. The molecule has 0 saturated heterocycles. The van der Waals surface area contributed by atoms with Crippen molar-refractivity contribution in [3.8, 4) is 0 Å². The Bertz CT molecular complexity index is 216. The molecule has 0 aliphatic rings. The second-order valence-electron chi connectivity index (χ2n) is 7.29. The van der Waals surface area contributed by atoms with Crippen LogP contribution in [0.15, 0.2) is 6.08 Å². The van der Waals surface area contributed by atoms with E-state index in [4.69, 9.17) is 0 Å². The van der Waals surface area contributed by atoms with Crippen LogP contribution in [0.25, 0.3) is 0 Å². The van der Waals surface area contributed by atoms with Crippen molar-refractivity contribution in [2.45, 2.75) is 136 Å². The summed E-state index contributed by atoms with van der Waals surface area (Å²) in [4.78, 5) is 0. The lowest BCUT2D eigenvalue weighted by atomic mass is 10.0. The van der Waals surface area contributed by atoms with E-state index < -0.39 is 0 Å². The van der Waals surface area contributed by atoms with Gasteiger partial charge in [0.2, 0.25) is 0 Å². The van der Waals surface area contributed by atoms with Crippen LogP contribution in [0.2, 0.25) is 0 Å². The first-order valence-electron chi connectivity index (χ1n) is 10.9. The Morgan fingerprint density at radius 2 is 0.783 bits per heavy atom. The van der Waals surface area contributed by atoms with Gasteiger partial charge in [0, 0.05) is 0 Å². The minimum atomic E-state index is 1.23. The molecular weight excluding hydrogens is 276 g/mol. The Balaban J connectivity index is 2.95. The van der Waals surface area contributed by atoms with Crippen LogP contribution in [0.4, 0.5) is 0 Å². The Kier molecular flexibility index (Phi) is 21.5. The molecular formula is C23H45. The summed E-state index contributed by atoms with van der Waals surface area (Å²) in [5.41, 5.74) is 0. The van der Waals surface area contributed by atoms with E-state index >= 15 is 0 Å². The Morgan fingerprint density at radius 3 is 1.09 bits per heavy atom. The van der Waals surface area contributed by atoms with E-state index in [1.54, 1.807) is 0 Å². The average molecular weight is 322 g/mol. The lowest BCUT2D eigenvalue weighted by Crippen LogP contribution is -1.84. The van der Waals surface area contributed by atoms with Gasteiger partial charge in [-0.15, -0.1) is 0 Å². The van der Waals surface area contributed by atoms with Gasteiger partial charge in [0.15, 0.2) is 0 Å². The van der Waals surface area contributed by atoms with Gasteiger partial charge in [-0.05, 0) is 19.8 Å². The highest BCUT2D eigenvalue weighted by atomic mass is 14.0. The quantitative estimate of drug-likeness (QED) is 0.208. The summed E-state index contributed by atoms with van der Waals surface area (Å²) >= 11 is 0. The molecule has 0 spiro atoms. The first kappa shape index (κ1) is 22.7. The van der Waals surface area contributed by atoms with E-state index in [0.717, 1.165) is 0 Å². The van der Waals surface area contributed by atoms with Gasteiger partial charge in [-0.3, -0.25) is 0 Å². The van der Waals surface area contributed by atoms with E-state index in [0.29, 0.717) is 0 Å². The molecule has 0 aliphatic carbocycles. The van der Waals surface area contributed by atoms with Crippen LogP contribution in [0, 0.1) is 6.08 Å². The zero-order valence-electron chi connectivity index (χ0n) is 16.5. The van der Waals surface area contributed by atoms with E-state index in [1.807, 2.05) is 6.92 Å². The number of allylic oxidation sites excluding steroid dienone is 2. The molecule has 0 aliphatic heterocycles. The van der Waals surface area contributed by atoms with Crippen LogP contribution >= 0.6 is 0 Å². The summed E-state index contributed by atoms with van der Waals surface area (Å²) in [5, 5.41) is 0. The smallest absolute Gasteiger partial charge is 0.0345 e. The van der Waals surface area contributed by atoms with Crippen LogP contribution in [0.3, 0.4) is 0 Å². The topological polar surface area (TPSA) is 0 Å². The molecule has 0 heterocycles. The molecule has 0 amide bonds. The van der Waals surface area contributed by atoms with E-state index in [1.165, 1.54) is 122 Å². The second kappa shape index (κ2) is 21.7. The molecule has 0 aromatic carbocycles. The molecule has 0 saturated carbocycles. The number of rotatable bonds is 19. The fraction of sp³-hybridized carbons (Fsp3) is 0.913. The van der Waals surface area contributed by atoms with Crippen LogP contribution in [-0.4, -0.2) is 0 Å². The summed E-state index contributed by atoms with van der Waals surface area (Å²) in [5.74, 6) is 0. The maximum Gasteiger partial charge on any atom is -0.0345 e. The van der Waals surface area contributed by atoms with Crippen LogP contribution in [0.1, 0.15) is 136 Å². The summed E-state index contributed by atoms with van der Waals surface area (Å²) < 4.78 is 0.